The fourth-order valence-electron chi connectivity index (χ4n) is 3.20. The van der Waals surface area contributed by atoms with Crippen LogP contribution in [0.5, 0.6) is 11.5 Å². The number of benzene rings is 1. The molecule has 0 aliphatic carbocycles. The molecule has 1 aromatic rings. The van der Waals surface area contributed by atoms with E-state index in [9.17, 15) is 9.90 Å². The van der Waals surface area contributed by atoms with Gasteiger partial charge in [-0.3, -0.25) is 4.79 Å². The quantitative estimate of drug-likeness (QED) is 0.813. The first-order valence-corrected chi connectivity index (χ1v) is 8.43. The molecule has 1 aliphatic rings. The maximum atomic E-state index is 12.8. The van der Waals surface area contributed by atoms with Crippen LogP contribution in [0.2, 0.25) is 0 Å². The average molecular weight is 333 g/mol. The van der Waals surface area contributed by atoms with Crippen molar-refractivity contribution in [1.82, 2.24) is 4.90 Å². The van der Waals surface area contributed by atoms with Crippen molar-refractivity contribution in [3.63, 3.8) is 0 Å². The molecule has 5 heteroatoms. The lowest BCUT2D eigenvalue weighted by atomic mass is 9.98. The fourth-order valence-corrected chi connectivity index (χ4v) is 3.20. The summed E-state index contributed by atoms with van der Waals surface area (Å²) < 4.78 is 10.5. The first-order valence-electron chi connectivity index (χ1n) is 8.43. The van der Waals surface area contributed by atoms with E-state index < -0.39 is 0 Å². The van der Waals surface area contributed by atoms with Gasteiger partial charge < -0.3 is 19.5 Å². The maximum Gasteiger partial charge on any atom is 0.249 e. The van der Waals surface area contributed by atoms with Gasteiger partial charge in [0.2, 0.25) is 5.91 Å². The van der Waals surface area contributed by atoms with Crippen LogP contribution in [0, 0.1) is 0 Å². The number of hydrogen-bond donors (Lipinski definition) is 1. The second-order valence-corrected chi connectivity index (χ2v) is 6.10. The topological polar surface area (TPSA) is 59.0 Å². The zero-order valence-electron chi connectivity index (χ0n) is 14.7. The summed E-state index contributed by atoms with van der Waals surface area (Å²) in [4.78, 5) is 14.7. The molecule has 0 spiro atoms. The Morgan fingerprint density at radius 1 is 1.29 bits per heavy atom. The largest absolute Gasteiger partial charge is 0.493 e. The van der Waals surface area contributed by atoms with Crippen molar-refractivity contribution in [3.8, 4) is 11.5 Å². The zero-order valence-corrected chi connectivity index (χ0v) is 14.7. The number of carbonyl (C=O) groups excluding carboxylic acids is 1. The number of nitrogens with zero attached hydrogens (tertiary/aromatic N) is 1. The fraction of sp³-hybridized carbons (Fsp3) is 0.526. The van der Waals surface area contributed by atoms with E-state index in [1.54, 1.807) is 14.2 Å². The second-order valence-electron chi connectivity index (χ2n) is 6.10. The lowest BCUT2D eigenvalue weighted by Crippen LogP contribution is -2.44. The first kappa shape index (κ1) is 18.3. The van der Waals surface area contributed by atoms with E-state index in [-0.39, 0.29) is 18.6 Å². The molecule has 2 rings (SSSR count). The normalized spacial score (nSPS) is 18.4. The molecule has 0 aromatic heterocycles. The molecule has 24 heavy (non-hydrogen) atoms. The molecular weight excluding hydrogens is 306 g/mol. The van der Waals surface area contributed by atoms with Crippen LogP contribution in [-0.4, -0.2) is 49.3 Å². The van der Waals surface area contributed by atoms with Gasteiger partial charge in [-0.25, -0.2) is 0 Å². The Balaban J connectivity index is 2.18. The summed E-state index contributed by atoms with van der Waals surface area (Å²) in [5.41, 5.74) is 1.58. The molecule has 1 aliphatic heterocycles. The molecule has 1 aromatic carbocycles. The highest BCUT2D eigenvalue weighted by molar-refractivity contribution is 5.97. The molecule has 1 amide bonds. The maximum absolute atomic E-state index is 12.8. The minimum absolute atomic E-state index is 0.0444. The summed E-state index contributed by atoms with van der Waals surface area (Å²) in [6.45, 7) is 2.72. The van der Waals surface area contributed by atoms with Crippen molar-refractivity contribution in [2.45, 2.75) is 38.6 Å². The summed E-state index contributed by atoms with van der Waals surface area (Å²) in [6, 6.07) is 5.74. The van der Waals surface area contributed by atoms with Crippen LogP contribution in [-0.2, 0) is 4.79 Å². The second kappa shape index (κ2) is 8.73. The summed E-state index contributed by atoms with van der Waals surface area (Å²) in [6.07, 6.45) is 5.63. The van der Waals surface area contributed by atoms with Crippen LogP contribution in [0.3, 0.4) is 0 Å². The van der Waals surface area contributed by atoms with Gasteiger partial charge in [0, 0.05) is 24.8 Å². The number of aliphatic hydroxyl groups is 1. The van der Waals surface area contributed by atoms with Crippen molar-refractivity contribution in [1.29, 1.82) is 0 Å². The Morgan fingerprint density at radius 3 is 2.71 bits per heavy atom. The SMILES string of the molecule is COc1ccc(/C=C(\C)C(=O)N2CCCCC2CCO)cc1OC. The molecular formula is C19H27NO4. The van der Waals surface area contributed by atoms with E-state index in [1.807, 2.05) is 36.1 Å². The van der Waals surface area contributed by atoms with Gasteiger partial charge in [-0.1, -0.05) is 6.07 Å². The third-order valence-electron chi connectivity index (χ3n) is 4.48. The number of ether oxygens (including phenoxy) is 2. The zero-order chi connectivity index (χ0) is 17.5. The Bertz CT molecular complexity index is 595. The van der Waals surface area contributed by atoms with Crippen LogP contribution < -0.4 is 9.47 Å². The number of methoxy groups -OCH3 is 2. The van der Waals surface area contributed by atoms with Gasteiger partial charge in [0.15, 0.2) is 11.5 Å². The van der Waals surface area contributed by atoms with E-state index in [1.165, 1.54) is 0 Å². The van der Waals surface area contributed by atoms with E-state index in [4.69, 9.17) is 9.47 Å². The summed E-state index contributed by atoms with van der Waals surface area (Å²) >= 11 is 0. The van der Waals surface area contributed by atoms with Crippen LogP contribution in [0.4, 0.5) is 0 Å². The van der Waals surface area contributed by atoms with E-state index in [2.05, 4.69) is 0 Å². The van der Waals surface area contributed by atoms with Gasteiger partial charge in [0.1, 0.15) is 0 Å². The lowest BCUT2D eigenvalue weighted by molar-refractivity contribution is -0.130. The van der Waals surface area contributed by atoms with Crippen LogP contribution in [0.15, 0.2) is 23.8 Å². The van der Waals surface area contributed by atoms with Gasteiger partial charge in [0.25, 0.3) is 0 Å². The van der Waals surface area contributed by atoms with Crippen LogP contribution >= 0.6 is 0 Å². The number of rotatable bonds is 6. The van der Waals surface area contributed by atoms with Crippen molar-refractivity contribution in [2.75, 3.05) is 27.4 Å². The highest BCUT2D eigenvalue weighted by Crippen LogP contribution is 2.29. The first-order chi connectivity index (χ1) is 11.6. The monoisotopic (exact) mass is 333 g/mol. The predicted octanol–water partition coefficient (Wildman–Crippen LogP) is 2.87. The Morgan fingerprint density at radius 2 is 2.04 bits per heavy atom. The summed E-state index contributed by atoms with van der Waals surface area (Å²) in [5, 5.41) is 9.22. The minimum atomic E-state index is 0.0444. The number of amides is 1. The smallest absolute Gasteiger partial charge is 0.249 e. The van der Waals surface area contributed by atoms with Gasteiger partial charge in [-0.15, -0.1) is 0 Å². The van der Waals surface area contributed by atoms with Crippen molar-refractivity contribution in [2.24, 2.45) is 0 Å². The number of hydrogen-bond acceptors (Lipinski definition) is 4. The number of likely N-dealkylation sites (tertiary alicyclic amines) is 1. The number of carbonyl (C=O) groups is 1. The third kappa shape index (κ3) is 4.29. The van der Waals surface area contributed by atoms with Gasteiger partial charge in [-0.05, 0) is 56.4 Å². The summed E-state index contributed by atoms with van der Waals surface area (Å²) in [7, 11) is 3.19. The third-order valence-corrected chi connectivity index (χ3v) is 4.48. The van der Waals surface area contributed by atoms with Crippen LogP contribution in [0.1, 0.15) is 38.2 Å². The van der Waals surface area contributed by atoms with Gasteiger partial charge >= 0.3 is 0 Å². The molecule has 0 saturated carbocycles. The van der Waals surface area contributed by atoms with Crippen LogP contribution in [0.25, 0.3) is 6.08 Å². The Kier molecular flexibility index (Phi) is 6.67. The molecule has 1 atom stereocenters. The van der Waals surface area contributed by atoms with Gasteiger partial charge in [0.05, 0.1) is 14.2 Å². The predicted molar refractivity (Wildman–Crippen MR) is 94.3 cm³/mol. The average Bonchev–Trinajstić information content (AvgIpc) is 2.61. The molecule has 1 fully saturated rings. The van der Waals surface area contributed by atoms with Crippen molar-refractivity contribution >= 4 is 12.0 Å². The molecule has 5 nitrogen and oxygen atoms in total. The highest BCUT2D eigenvalue weighted by atomic mass is 16.5. The molecule has 132 valence electrons. The Labute approximate surface area is 143 Å². The van der Waals surface area contributed by atoms with Gasteiger partial charge in [-0.2, -0.15) is 0 Å². The summed E-state index contributed by atoms with van der Waals surface area (Å²) in [5.74, 6) is 1.35. The van der Waals surface area contributed by atoms with Crippen molar-refractivity contribution < 1.29 is 19.4 Å². The number of piperidine rings is 1. The molecule has 0 radical (unpaired) electrons. The molecule has 1 saturated heterocycles. The Hall–Kier alpha value is -2.01. The molecule has 1 heterocycles. The van der Waals surface area contributed by atoms with Crippen molar-refractivity contribution in [3.05, 3.63) is 29.3 Å². The van der Waals surface area contributed by atoms with E-state index >= 15 is 0 Å². The van der Waals surface area contributed by atoms with E-state index in [0.717, 1.165) is 31.4 Å². The molecule has 0 bridgehead atoms. The standard InChI is InChI=1S/C19H27NO4/c1-14(12-15-7-8-17(23-2)18(13-15)24-3)19(22)20-10-5-4-6-16(20)9-11-21/h7-8,12-13,16,21H,4-6,9-11H2,1-3H3/b14-12+. The molecule has 1 N–H and O–H groups in total. The lowest BCUT2D eigenvalue weighted by Gasteiger charge is -2.35. The van der Waals surface area contributed by atoms with E-state index in [0.29, 0.717) is 23.5 Å². The highest BCUT2D eigenvalue weighted by Gasteiger charge is 2.26. The minimum Gasteiger partial charge on any atom is -0.493 e. The molecule has 1 unspecified atom stereocenters. The number of aliphatic hydroxyl groups excluding tert-OH is 1.